The first-order valence-corrected chi connectivity index (χ1v) is 7.47. The minimum atomic E-state index is -0.0110. The number of nitriles is 1. The molecule has 0 bridgehead atoms. The van der Waals surface area contributed by atoms with Crippen LogP contribution in [0.5, 0.6) is 0 Å². The summed E-state index contributed by atoms with van der Waals surface area (Å²) >= 11 is 0. The average Bonchev–Trinajstić information content (AvgIpc) is 3.04. The van der Waals surface area contributed by atoms with Gasteiger partial charge < -0.3 is 14.6 Å². The van der Waals surface area contributed by atoms with Crippen LogP contribution in [0.3, 0.4) is 0 Å². The van der Waals surface area contributed by atoms with E-state index in [2.05, 4.69) is 9.88 Å². The highest BCUT2D eigenvalue weighted by atomic mass is 16.5. The van der Waals surface area contributed by atoms with Gasteiger partial charge in [0.05, 0.1) is 5.56 Å². The summed E-state index contributed by atoms with van der Waals surface area (Å²) in [7, 11) is 0. The number of nitrogens with zero attached hydrogens (tertiary/aromatic N) is 3. The Kier molecular flexibility index (Phi) is 4.23. The van der Waals surface area contributed by atoms with Gasteiger partial charge in [-0.15, -0.1) is 0 Å². The van der Waals surface area contributed by atoms with E-state index in [4.69, 9.17) is 10.00 Å². The summed E-state index contributed by atoms with van der Waals surface area (Å²) in [6, 6.07) is 4.25. The number of carbonyl (C=O) groups is 1. The highest BCUT2D eigenvalue weighted by Gasteiger charge is 2.28. The third kappa shape index (κ3) is 3.09. The van der Waals surface area contributed by atoms with Crippen LogP contribution >= 0.6 is 0 Å². The van der Waals surface area contributed by atoms with Gasteiger partial charge in [0.15, 0.2) is 0 Å². The quantitative estimate of drug-likeness (QED) is 0.874. The van der Waals surface area contributed by atoms with Crippen molar-refractivity contribution >= 4 is 5.91 Å². The number of aromatic nitrogens is 1. The van der Waals surface area contributed by atoms with Crippen LogP contribution in [-0.4, -0.2) is 66.1 Å². The van der Waals surface area contributed by atoms with Crippen LogP contribution in [0.15, 0.2) is 12.3 Å². The number of piperazine rings is 1. The molecule has 2 aliphatic heterocycles. The molecule has 21 heavy (non-hydrogen) atoms. The van der Waals surface area contributed by atoms with Crippen molar-refractivity contribution in [2.24, 2.45) is 0 Å². The standard InChI is InChI=1S/C15H20N4O2/c16-10-12-9-14(17-11-12)15(20)19-5-3-18(4-6-19)13-1-7-21-8-2-13/h9,11,13,17H,1-8H2. The average molecular weight is 288 g/mol. The molecule has 6 nitrogen and oxygen atoms in total. The molecule has 1 amide bonds. The van der Waals surface area contributed by atoms with Gasteiger partial charge >= 0.3 is 0 Å². The Morgan fingerprint density at radius 2 is 2.00 bits per heavy atom. The van der Waals surface area contributed by atoms with E-state index in [0.29, 0.717) is 17.3 Å². The summed E-state index contributed by atoms with van der Waals surface area (Å²) in [4.78, 5) is 19.6. The van der Waals surface area contributed by atoms with Gasteiger partial charge in [-0.3, -0.25) is 9.69 Å². The molecule has 1 N–H and O–H groups in total. The van der Waals surface area contributed by atoms with Crippen LogP contribution in [0.25, 0.3) is 0 Å². The van der Waals surface area contributed by atoms with Crippen LogP contribution in [0.4, 0.5) is 0 Å². The van der Waals surface area contributed by atoms with Gasteiger partial charge in [0.2, 0.25) is 0 Å². The Hall–Kier alpha value is -1.84. The number of amides is 1. The highest BCUT2D eigenvalue weighted by molar-refractivity contribution is 5.93. The lowest BCUT2D eigenvalue weighted by Crippen LogP contribution is -2.53. The van der Waals surface area contributed by atoms with E-state index in [1.807, 2.05) is 11.0 Å². The lowest BCUT2D eigenvalue weighted by Gasteiger charge is -2.40. The normalized spacial score (nSPS) is 21.2. The second kappa shape index (κ2) is 6.29. The van der Waals surface area contributed by atoms with Gasteiger partial charge in [-0.2, -0.15) is 5.26 Å². The molecule has 0 spiro atoms. The summed E-state index contributed by atoms with van der Waals surface area (Å²) in [5.41, 5.74) is 1.00. The van der Waals surface area contributed by atoms with Gasteiger partial charge in [-0.1, -0.05) is 0 Å². The Labute approximate surface area is 124 Å². The van der Waals surface area contributed by atoms with Crippen LogP contribution in [0, 0.1) is 11.3 Å². The van der Waals surface area contributed by atoms with E-state index in [1.165, 1.54) is 0 Å². The molecule has 0 aliphatic carbocycles. The molecule has 112 valence electrons. The van der Waals surface area contributed by atoms with Gasteiger partial charge in [0.1, 0.15) is 11.8 Å². The molecular formula is C15H20N4O2. The number of hydrogen-bond acceptors (Lipinski definition) is 4. The smallest absolute Gasteiger partial charge is 0.270 e. The van der Waals surface area contributed by atoms with Crippen molar-refractivity contribution in [2.45, 2.75) is 18.9 Å². The molecule has 2 aliphatic rings. The largest absolute Gasteiger partial charge is 0.381 e. The first-order chi connectivity index (χ1) is 10.3. The van der Waals surface area contributed by atoms with E-state index in [-0.39, 0.29) is 5.91 Å². The fourth-order valence-electron chi connectivity index (χ4n) is 3.09. The van der Waals surface area contributed by atoms with E-state index in [1.54, 1.807) is 12.3 Å². The van der Waals surface area contributed by atoms with Crippen molar-refractivity contribution in [3.8, 4) is 6.07 Å². The Morgan fingerprint density at radius 1 is 1.29 bits per heavy atom. The zero-order valence-electron chi connectivity index (χ0n) is 12.0. The molecule has 3 heterocycles. The SMILES string of the molecule is N#Cc1c[nH]c(C(=O)N2CCN(C3CCOCC3)CC2)c1. The number of ether oxygens (including phenoxy) is 1. The number of aromatic amines is 1. The molecule has 1 aromatic heterocycles. The summed E-state index contributed by atoms with van der Waals surface area (Å²) in [6.07, 6.45) is 3.76. The second-order valence-electron chi connectivity index (χ2n) is 5.59. The minimum Gasteiger partial charge on any atom is -0.381 e. The fraction of sp³-hybridized carbons (Fsp3) is 0.600. The third-order valence-electron chi connectivity index (χ3n) is 4.35. The van der Waals surface area contributed by atoms with Crippen molar-refractivity contribution in [1.29, 1.82) is 5.26 Å². The van der Waals surface area contributed by atoms with Crippen LogP contribution < -0.4 is 0 Å². The topological polar surface area (TPSA) is 72.4 Å². The Balaban J connectivity index is 1.55. The van der Waals surface area contributed by atoms with Crippen molar-refractivity contribution in [1.82, 2.24) is 14.8 Å². The monoisotopic (exact) mass is 288 g/mol. The second-order valence-corrected chi connectivity index (χ2v) is 5.59. The number of H-pyrrole nitrogens is 1. The zero-order chi connectivity index (χ0) is 14.7. The number of nitrogens with one attached hydrogen (secondary N) is 1. The number of rotatable bonds is 2. The van der Waals surface area contributed by atoms with Crippen molar-refractivity contribution in [3.05, 3.63) is 23.5 Å². The maximum absolute atomic E-state index is 12.4. The fourth-order valence-corrected chi connectivity index (χ4v) is 3.09. The van der Waals surface area contributed by atoms with Crippen molar-refractivity contribution in [2.75, 3.05) is 39.4 Å². The Bertz CT molecular complexity index is 534. The third-order valence-corrected chi connectivity index (χ3v) is 4.35. The molecule has 3 rings (SSSR count). The molecule has 0 unspecified atom stereocenters. The minimum absolute atomic E-state index is 0.0110. The van der Waals surface area contributed by atoms with Crippen molar-refractivity contribution < 1.29 is 9.53 Å². The number of hydrogen-bond donors (Lipinski definition) is 1. The van der Waals surface area contributed by atoms with Crippen molar-refractivity contribution in [3.63, 3.8) is 0 Å². The van der Waals surface area contributed by atoms with Gasteiger partial charge in [-0.25, -0.2) is 0 Å². The molecule has 1 aromatic rings. The number of carbonyl (C=O) groups excluding carboxylic acids is 1. The predicted molar refractivity (Wildman–Crippen MR) is 76.8 cm³/mol. The molecular weight excluding hydrogens is 268 g/mol. The summed E-state index contributed by atoms with van der Waals surface area (Å²) < 4.78 is 5.40. The van der Waals surface area contributed by atoms with Gasteiger partial charge in [0.25, 0.3) is 5.91 Å². The first kappa shape index (κ1) is 14.1. The molecule has 0 aromatic carbocycles. The van der Waals surface area contributed by atoms with Gasteiger partial charge in [0, 0.05) is 51.6 Å². The van der Waals surface area contributed by atoms with Crippen LogP contribution in [0.1, 0.15) is 28.9 Å². The maximum atomic E-state index is 12.4. The summed E-state index contributed by atoms with van der Waals surface area (Å²) in [5.74, 6) is -0.0110. The van der Waals surface area contributed by atoms with Gasteiger partial charge in [-0.05, 0) is 18.9 Å². The molecule has 2 saturated heterocycles. The zero-order valence-corrected chi connectivity index (χ0v) is 12.0. The lowest BCUT2D eigenvalue weighted by atomic mass is 10.1. The summed E-state index contributed by atoms with van der Waals surface area (Å²) in [6.45, 7) is 5.03. The Morgan fingerprint density at radius 3 is 2.62 bits per heavy atom. The molecule has 2 fully saturated rings. The van der Waals surface area contributed by atoms with E-state index < -0.39 is 0 Å². The highest BCUT2D eigenvalue weighted by Crippen LogP contribution is 2.17. The predicted octanol–water partition coefficient (Wildman–Crippen LogP) is 0.823. The van der Waals surface area contributed by atoms with E-state index in [9.17, 15) is 4.79 Å². The molecule has 6 heteroatoms. The first-order valence-electron chi connectivity index (χ1n) is 7.47. The van der Waals surface area contributed by atoms with E-state index >= 15 is 0 Å². The van der Waals surface area contributed by atoms with Crippen LogP contribution in [0.2, 0.25) is 0 Å². The van der Waals surface area contributed by atoms with Crippen LogP contribution in [-0.2, 0) is 4.74 Å². The molecule has 0 atom stereocenters. The maximum Gasteiger partial charge on any atom is 0.270 e. The lowest BCUT2D eigenvalue weighted by molar-refractivity contribution is 0.0136. The summed E-state index contributed by atoms with van der Waals surface area (Å²) in [5, 5.41) is 8.81. The van der Waals surface area contributed by atoms with E-state index in [0.717, 1.165) is 52.2 Å². The molecule has 0 radical (unpaired) electrons. The molecule has 0 saturated carbocycles.